The number of thiazole rings is 1. The SMILES string of the molecule is CC(C)(O/N=C(\C(=O)NC1C(=O)N2C(C(=O)O)C(C[n+]3ccccc3)=CSC12)c1csc(N)n1)C(=O)O. The van der Waals surface area contributed by atoms with Crippen molar-refractivity contribution in [3.8, 4) is 0 Å². The second-order valence-corrected chi connectivity index (χ2v) is 10.5. The van der Waals surface area contributed by atoms with Crippen LogP contribution in [0.4, 0.5) is 5.13 Å². The highest BCUT2D eigenvalue weighted by Crippen LogP contribution is 2.40. The van der Waals surface area contributed by atoms with Crippen LogP contribution in [-0.2, 0) is 30.6 Å². The summed E-state index contributed by atoms with van der Waals surface area (Å²) in [6.07, 6.45) is 3.58. The molecule has 194 valence electrons. The van der Waals surface area contributed by atoms with Crippen LogP contribution in [0.2, 0.25) is 0 Å². The molecule has 0 bridgehead atoms. The molecule has 37 heavy (non-hydrogen) atoms. The molecule has 15 heteroatoms. The van der Waals surface area contributed by atoms with E-state index >= 15 is 0 Å². The Hall–Kier alpha value is -3.98. The Labute approximate surface area is 218 Å². The van der Waals surface area contributed by atoms with Crippen LogP contribution in [-0.4, -0.2) is 72.6 Å². The maximum atomic E-state index is 13.1. The number of hydrogen-bond acceptors (Lipinski definition) is 10. The monoisotopic (exact) mass is 547 g/mol. The van der Waals surface area contributed by atoms with E-state index in [1.807, 2.05) is 18.2 Å². The Kier molecular flexibility index (Phi) is 7.18. The molecule has 2 aromatic heterocycles. The number of aliphatic carboxylic acids is 2. The van der Waals surface area contributed by atoms with Crippen LogP contribution < -0.4 is 15.6 Å². The van der Waals surface area contributed by atoms with Crippen molar-refractivity contribution in [1.82, 2.24) is 15.2 Å². The number of aromatic nitrogens is 2. The summed E-state index contributed by atoms with van der Waals surface area (Å²) in [5.41, 5.74) is 4.10. The Morgan fingerprint density at radius 3 is 2.57 bits per heavy atom. The average Bonchev–Trinajstić information content (AvgIpc) is 3.28. The van der Waals surface area contributed by atoms with Crippen LogP contribution in [0.15, 0.2) is 52.1 Å². The summed E-state index contributed by atoms with van der Waals surface area (Å²) in [4.78, 5) is 59.9. The molecular formula is C22H23N6O7S2+. The molecule has 2 aliphatic rings. The molecule has 2 amide bonds. The molecule has 2 aliphatic heterocycles. The Morgan fingerprint density at radius 1 is 1.27 bits per heavy atom. The largest absolute Gasteiger partial charge is 0.479 e. The number of nitrogen functional groups attached to an aromatic ring is 1. The van der Waals surface area contributed by atoms with Gasteiger partial charge in [0.05, 0.1) is 0 Å². The first-order valence-corrected chi connectivity index (χ1v) is 12.7. The summed E-state index contributed by atoms with van der Waals surface area (Å²) < 4.78 is 1.80. The fourth-order valence-electron chi connectivity index (χ4n) is 3.60. The highest BCUT2D eigenvalue weighted by Gasteiger charge is 2.56. The van der Waals surface area contributed by atoms with Crippen LogP contribution in [0.1, 0.15) is 19.5 Å². The molecule has 0 radical (unpaired) electrons. The van der Waals surface area contributed by atoms with Gasteiger partial charge in [-0.1, -0.05) is 11.2 Å². The van der Waals surface area contributed by atoms with Gasteiger partial charge in [0.2, 0.25) is 11.5 Å². The van der Waals surface area contributed by atoms with Gasteiger partial charge in [-0.3, -0.25) is 9.59 Å². The first kappa shape index (κ1) is 26.1. The molecule has 1 saturated heterocycles. The second kappa shape index (κ2) is 10.2. The number of fused-ring (bicyclic) bond motifs is 1. The predicted octanol–water partition coefficient (Wildman–Crippen LogP) is 0.0339. The van der Waals surface area contributed by atoms with Gasteiger partial charge in [0, 0.05) is 23.1 Å². The minimum absolute atomic E-state index is 0.0339. The standard InChI is InChI=1S/C22H22N6O7S2/c1-22(2,20(33)34)35-26-13(12-10-37-21(23)24-12)16(29)25-14-17(30)28-15(19(31)32)11(9-36-18(14)28)8-27-6-4-3-5-7-27/h3-7,9-10,14-15,18H,8H2,1-2H3,(H4-,23,24,25,29,31,32,33,34)/p+1/b26-13-. The summed E-state index contributed by atoms with van der Waals surface area (Å²) in [7, 11) is 0. The molecule has 1 fully saturated rings. The molecule has 2 aromatic rings. The third-order valence-corrected chi connectivity index (χ3v) is 7.48. The minimum atomic E-state index is -1.75. The number of carbonyl (C=O) groups excluding carboxylic acids is 2. The number of nitrogens with one attached hydrogen (secondary N) is 1. The number of nitrogens with two attached hydrogens (primary N) is 1. The molecular weight excluding hydrogens is 524 g/mol. The van der Waals surface area contributed by atoms with E-state index in [9.17, 15) is 29.4 Å². The van der Waals surface area contributed by atoms with Gasteiger partial charge in [-0.15, -0.1) is 23.1 Å². The molecule has 3 unspecified atom stereocenters. The van der Waals surface area contributed by atoms with E-state index in [4.69, 9.17) is 10.6 Å². The van der Waals surface area contributed by atoms with Crippen molar-refractivity contribution in [2.75, 3.05) is 5.73 Å². The number of anilines is 1. The lowest BCUT2D eigenvalue weighted by atomic mass is 9.97. The number of carboxylic acid groups (broad SMARTS) is 2. The van der Waals surface area contributed by atoms with Crippen molar-refractivity contribution in [2.24, 2.45) is 5.16 Å². The van der Waals surface area contributed by atoms with Crippen molar-refractivity contribution in [2.45, 2.75) is 43.5 Å². The molecule has 0 spiro atoms. The molecule has 0 aromatic carbocycles. The van der Waals surface area contributed by atoms with E-state index < -0.39 is 46.8 Å². The topological polar surface area (TPSA) is 188 Å². The number of carboxylic acids is 2. The van der Waals surface area contributed by atoms with Crippen LogP contribution in [0.5, 0.6) is 0 Å². The van der Waals surface area contributed by atoms with E-state index in [1.54, 1.807) is 22.4 Å². The van der Waals surface area contributed by atoms with Crippen molar-refractivity contribution in [3.63, 3.8) is 0 Å². The Bertz CT molecular complexity index is 1310. The molecule has 4 rings (SSSR count). The highest BCUT2D eigenvalue weighted by molar-refractivity contribution is 8.02. The zero-order valence-corrected chi connectivity index (χ0v) is 21.2. The Balaban J connectivity index is 1.54. The maximum Gasteiger partial charge on any atom is 0.350 e. The summed E-state index contributed by atoms with van der Waals surface area (Å²) in [5.74, 6) is -3.93. The summed E-state index contributed by atoms with van der Waals surface area (Å²) in [5, 5.41) is 28.0. The van der Waals surface area contributed by atoms with E-state index in [0.29, 0.717) is 5.57 Å². The molecule has 5 N–H and O–H groups in total. The molecule has 0 saturated carbocycles. The third kappa shape index (κ3) is 5.27. The average molecular weight is 548 g/mol. The van der Waals surface area contributed by atoms with Crippen LogP contribution >= 0.6 is 23.1 Å². The summed E-state index contributed by atoms with van der Waals surface area (Å²) >= 11 is 2.25. The van der Waals surface area contributed by atoms with Gasteiger partial charge in [0.25, 0.3) is 5.91 Å². The number of hydrogen-bond donors (Lipinski definition) is 4. The lowest BCUT2D eigenvalue weighted by molar-refractivity contribution is -0.689. The van der Waals surface area contributed by atoms with Crippen molar-refractivity contribution in [1.29, 1.82) is 0 Å². The quantitative estimate of drug-likeness (QED) is 0.144. The van der Waals surface area contributed by atoms with Gasteiger partial charge < -0.3 is 31.0 Å². The number of rotatable bonds is 9. The van der Waals surface area contributed by atoms with E-state index in [1.165, 1.54) is 35.9 Å². The van der Waals surface area contributed by atoms with Gasteiger partial charge in [-0.2, -0.15) is 0 Å². The zero-order valence-electron chi connectivity index (χ0n) is 19.6. The highest BCUT2D eigenvalue weighted by atomic mass is 32.2. The number of carbonyl (C=O) groups is 4. The molecule has 13 nitrogen and oxygen atoms in total. The second-order valence-electron chi connectivity index (χ2n) is 8.62. The number of thioether (sulfide) groups is 1. The van der Waals surface area contributed by atoms with E-state index in [-0.39, 0.29) is 23.1 Å². The van der Waals surface area contributed by atoms with Gasteiger partial charge in [0.1, 0.15) is 17.1 Å². The van der Waals surface area contributed by atoms with Gasteiger partial charge in [-0.25, -0.2) is 19.1 Å². The lowest BCUT2D eigenvalue weighted by Gasteiger charge is -2.51. The van der Waals surface area contributed by atoms with Gasteiger partial charge in [0.15, 0.2) is 35.8 Å². The van der Waals surface area contributed by atoms with Crippen molar-refractivity contribution < 1.29 is 38.8 Å². The van der Waals surface area contributed by atoms with Crippen LogP contribution in [0.25, 0.3) is 0 Å². The predicted molar refractivity (Wildman–Crippen MR) is 132 cm³/mol. The zero-order chi connectivity index (χ0) is 26.9. The molecule has 0 aliphatic carbocycles. The van der Waals surface area contributed by atoms with E-state index in [2.05, 4.69) is 15.5 Å². The van der Waals surface area contributed by atoms with Crippen molar-refractivity contribution >= 4 is 57.7 Å². The number of pyridine rings is 1. The van der Waals surface area contributed by atoms with Gasteiger partial charge >= 0.3 is 11.9 Å². The van der Waals surface area contributed by atoms with Crippen molar-refractivity contribution in [3.05, 3.63) is 52.6 Å². The molecule has 3 atom stereocenters. The minimum Gasteiger partial charge on any atom is -0.479 e. The third-order valence-electron chi connectivity index (χ3n) is 5.59. The van der Waals surface area contributed by atoms with E-state index in [0.717, 1.165) is 11.3 Å². The number of amides is 2. The summed E-state index contributed by atoms with van der Waals surface area (Å²) in [6, 6.07) is 3.22. The molecule has 4 heterocycles. The maximum absolute atomic E-state index is 13.1. The normalized spacial score (nSPS) is 21.4. The van der Waals surface area contributed by atoms with Crippen LogP contribution in [0, 0.1) is 0 Å². The Morgan fingerprint density at radius 2 is 1.97 bits per heavy atom. The lowest BCUT2D eigenvalue weighted by Crippen LogP contribution is -2.74. The number of β-lactam (4-membered cyclic amide) rings is 1. The first-order chi connectivity index (χ1) is 17.5. The first-order valence-electron chi connectivity index (χ1n) is 10.8. The fraction of sp³-hybridized carbons (Fsp3) is 0.318. The van der Waals surface area contributed by atoms with Gasteiger partial charge in [-0.05, 0) is 19.3 Å². The smallest absolute Gasteiger partial charge is 0.350 e. The fourth-order valence-corrected chi connectivity index (χ4v) is 5.36. The summed E-state index contributed by atoms with van der Waals surface area (Å²) in [6.45, 7) is 2.77. The number of nitrogens with zero attached hydrogens (tertiary/aromatic N) is 4. The van der Waals surface area contributed by atoms with Crippen LogP contribution in [0.3, 0.4) is 0 Å². The number of oxime groups is 1.